The second-order valence-corrected chi connectivity index (χ2v) is 3.89. The Morgan fingerprint density at radius 1 is 1.14 bits per heavy atom. The molecule has 0 aliphatic heterocycles. The summed E-state index contributed by atoms with van der Waals surface area (Å²) in [7, 11) is 0. The lowest BCUT2D eigenvalue weighted by Crippen LogP contribution is -1.82. The van der Waals surface area contributed by atoms with Gasteiger partial charge in [-0.25, -0.2) is 0 Å². The largest absolute Gasteiger partial charge is 0.472 e. The van der Waals surface area contributed by atoms with Crippen molar-refractivity contribution >= 4 is 15.9 Å². The zero-order valence-electron chi connectivity index (χ0n) is 7.66. The first-order valence-electron chi connectivity index (χ1n) is 4.42. The molecule has 0 bridgehead atoms. The molecule has 2 heteroatoms. The summed E-state index contributed by atoms with van der Waals surface area (Å²) in [5.41, 5.74) is 3.41. The highest BCUT2D eigenvalue weighted by atomic mass is 79.9. The SMILES string of the molecule is [CH2]Cc1cocc1-c1ccccc1Br. The van der Waals surface area contributed by atoms with Crippen molar-refractivity contribution in [3.05, 3.63) is 53.8 Å². The van der Waals surface area contributed by atoms with E-state index in [0.29, 0.717) is 0 Å². The van der Waals surface area contributed by atoms with Crippen LogP contribution in [0.5, 0.6) is 0 Å². The molecule has 0 spiro atoms. The van der Waals surface area contributed by atoms with Crippen molar-refractivity contribution in [1.82, 2.24) is 0 Å². The second-order valence-electron chi connectivity index (χ2n) is 3.04. The molecule has 0 aliphatic rings. The Bertz CT molecular complexity index is 431. The van der Waals surface area contributed by atoms with Gasteiger partial charge in [0.2, 0.25) is 0 Å². The molecule has 1 radical (unpaired) electrons. The van der Waals surface area contributed by atoms with Crippen LogP contribution in [0, 0.1) is 6.92 Å². The van der Waals surface area contributed by atoms with Crippen LogP contribution < -0.4 is 0 Å². The molecule has 14 heavy (non-hydrogen) atoms. The van der Waals surface area contributed by atoms with Gasteiger partial charge in [0.05, 0.1) is 12.5 Å². The molecule has 0 amide bonds. The molecule has 0 unspecified atom stereocenters. The molecule has 0 saturated heterocycles. The van der Waals surface area contributed by atoms with Crippen LogP contribution in [-0.4, -0.2) is 0 Å². The van der Waals surface area contributed by atoms with Crippen LogP contribution in [0.4, 0.5) is 0 Å². The molecule has 1 heterocycles. The summed E-state index contributed by atoms with van der Waals surface area (Å²) in [6.07, 6.45) is 4.26. The van der Waals surface area contributed by atoms with Crippen LogP contribution in [0.1, 0.15) is 5.56 Å². The second kappa shape index (κ2) is 4.01. The van der Waals surface area contributed by atoms with Gasteiger partial charge >= 0.3 is 0 Å². The first kappa shape index (κ1) is 9.53. The van der Waals surface area contributed by atoms with E-state index in [0.717, 1.165) is 27.6 Å². The van der Waals surface area contributed by atoms with Gasteiger partial charge in [-0.1, -0.05) is 34.1 Å². The Kier molecular flexibility index (Phi) is 2.73. The highest BCUT2D eigenvalue weighted by Crippen LogP contribution is 2.31. The molecule has 1 nitrogen and oxygen atoms in total. The lowest BCUT2D eigenvalue weighted by molar-refractivity contribution is 0.565. The summed E-state index contributed by atoms with van der Waals surface area (Å²) in [6, 6.07) is 8.10. The fourth-order valence-corrected chi connectivity index (χ4v) is 1.93. The van der Waals surface area contributed by atoms with Gasteiger partial charge in [0.25, 0.3) is 0 Å². The Hall–Kier alpha value is -1.02. The van der Waals surface area contributed by atoms with Crippen molar-refractivity contribution < 1.29 is 4.42 Å². The highest BCUT2D eigenvalue weighted by Gasteiger charge is 2.08. The topological polar surface area (TPSA) is 13.1 Å². The minimum atomic E-state index is 0.743. The molecule has 0 N–H and O–H groups in total. The average molecular weight is 250 g/mol. The summed E-state index contributed by atoms with van der Waals surface area (Å²) in [5, 5.41) is 0. The van der Waals surface area contributed by atoms with Gasteiger partial charge in [-0.3, -0.25) is 0 Å². The van der Waals surface area contributed by atoms with E-state index >= 15 is 0 Å². The number of halogens is 1. The third-order valence-electron chi connectivity index (χ3n) is 2.18. The number of furan rings is 1. The Morgan fingerprint density at radius 3 is 2.64 bits per heavy atom. The van der Waals surface area contributed by atoms with Gasteiger partial charge in [-0.05, 0) is 30.5 Å². The standard InChI is InChI=1S/C12H10BrO/c1-2-9-7-14-8-11(9)10-5-3-4-6-12(10)13/h3-8H,1-2H2. The average Bonchev–Trinajstić information content (AvgIpc) is 2.66. The monoisotopic (exact) mass is 249 g/mol. The van der Waals surface area contributed by atoms with Gasteiger partial charge in [0.1, 0.15) is 0 Å². The van der Waals surface area contributed by atoms with Crippen molar-refractivity contribution in [3.63, 3.8) is 0 Å². The quantitative estimate of drug-likeness (QED) is 0.782. The zero-order chi connectivity index (χ0) is 9.97. The molecule has 2 aromatic rings. The normalized spacial score (nSPS) is 10.4. The fraction of sp³-hybridized carbons (Fsp3) is 0.0833. The predicted molar refractivity (Wildman–Crippen MR) is 60.9 cm³/mol. The minimum absolute atomic E-state index is 0.743. The Labute approximate surface area is 91.9 Å². The number of rotatable bonds is 2. The van der Waals surface area contributed by atoms with Gasteiger partial charge in [-0.2, -0.15) is 0 Å². The van der Waals surface area contributed by atoms with E-state index in [-0.39, 0.29) is 0 Å². The number of benzene rings is 1. The lowest BCUT2D eigenvalue weighted by atomic mass is 10.0. The third kappa shape index (κ3) is 1.62. The molecule has 71 valence electrons. The van der Waals surface area contributed by atoms with Crippen LogP contribution in [0.25, 0.3) is 11.1 Å². The van der Waals surface area contributed by atoms with Crippen molar-refractivity contribution in [1.29, 1.82) is 0 Å². The first-order valence-corrected chi connectivity index (χ1v) is 5.21. The van der Waals surface area contributed by atoms with E-state index in [1.54, 1.807) is 12.5 Å². The van der Waals surface area contributed by atoms with Crippen LogP contribution in [0.2, 0.25) is 0 Å². The zero-order valence-corrected chi connectivity index (χ0v) is 9.25. The summed E-state index contributed by atoms with van der Waals surface area (Å²) >= 11 is 3.52. The maximum atomic E-state index is 5.19. The van der Waals surface area contributed by atoms with Crippen molar-refractivity contribution in [2.24, 2.45) is 0 Å². The number of hydrogen-bond acceptors (Lipinski definition) is 1. The van der Waals surface area contributed by atoms with E-state index < -0.39 is 0 Å². The van der Waals surface area contributed by atoms with Gasteiger partial charge in [-0.15, -0.1) is 0 Å². The van der Waals surface area contributed by atoms with Crippen LogP contribution in [-0.2, 0) is 6.42 Å². The molecule has 0 saturated carbocycles. The van der Waals surface area contributed by atoms with E-state index in [1.165, 1.54) is 0 Å². The molecule has 0 fully saturated rings. The van der Waals surface area contributed by atoms with E-state index in [2.05, 4.69) is 28.9 Å². The number of hydrogen-bond donors (Lipinski definition) is 0. The fourth-order valence-electron chi connectivity index (χ4n) is 1.43. The van der Waals surface area contributed by atoms with E-state index in [9.17, 15) is 0 Å². The van der Waals surface area contributed by atoms with Gasteiger partial charge < -0.3 is 4.42 Å². The van der Waals surface area contributed by atoms with Gasteiger partial charge in [0.15, 0.2) is 0 Å². The predicted octanol–water partition coefficient (Wildman–Crippen LogP) is 4.09. The lowest BCUT2D eigenvalue weighted by Gasteiger charge is -2.02. The maximum Gasteiger partial charge on any atom is 0.0984 e. The third-order valence-corrected chi connectivity index (χ3v) is 2.87. The van der Waals surface area contributed by atoms with E-state index in [1.807, 2.05) is 18.2 Å². The molecule has 0 aliphatic carbocycles. The van der Waals surface area contributed by atoms with E-state index in [4.69, 9.17) is 4.42 Å². The van der Waals surface area contributed by atoms with Gasteiger partial charge in [0, 0.05) is 10.0 Å². The summed E-state index contributed by atoms with van der Waals surface area (Å²) in [6.45, 7) is 3.87. The summed E-state index contributed by atoms with van der Waals surface area (Å²) in [5.74, 6) is 0. The van der Waals surface area contributed by atoms with Crippen molar-refractivity contribution in [2.75, 3.05) is 0 Å². The smallest absolute Gasteiger partial charge is 0.0984 e. The molecule has 0 atom stereocenters. The summed E-state index contributed by atoms with van der Waals surface area (Å²) in [4.78, 5) is 0. The molecule has 1 aromatic heterocycles. The first-order chi connectivity index (χ1) is 6.83. The molecule has 2 rings (SSSR count). The summed E-state index contributed by atoms with van der Waals surface area (Å²) < 4.78 is 6.26. The molecular formula is C12H10BrO. The van der Waals surface area contributed by atoms with Crippen molar-refractivity contribution in [2.45, 2.75) is 6.42 Å². The van der Waals surface area contributed by atoms with Crippen LogP contribution in [0.15, 0.2) is 45.7 Å². The molecular weight excluding hydrogens is 240 g/mol. The maximum absolute atomic E-state index is 5.19. The highest BCUT2D eigenvalue weighted by molar-refractivity contribution is 9.10. The Morgan fingerprint density at radius 2 is 1.93 bits per heavy atom. The molecule has 1 aromatic carbocycles. The minimum Gasteiger partial charge on any atom is -0.472 e. The van der Waals surface area contributed by atoms with Crippen LogP contribution in [0.3, 0.4) is 0 Å². The Balaban J connectivity index is 2.54. The van der Waals surface area contributed by atoms with Crippen molar-refractivity contribution in [3.8, 4) is 11.1 Å². The van der Waals surface area contributed by atoms with Crippen LogP contribution >= 0.6 is 15.9 Å².